The zero-order valence-corrected chi connectivity index (χ0v) is 8.78. The Morgan fingerprint density at radius 1 is 1.21 bits per heavy atom. The molecular formula is C13H18O. The number of hydrogen-bond donors (Lipinski definition) is 0. The quantitative estimate of drug-likeness (QED) is 0.488. The smallest absolute Gasteiger partial charge is 0.112 e. The van der Waals surface area contributed by atoms with E-state index in [1.807, 2.05) is 24.5 Å². The average Bonchev–Trinajstić information content (AvgIpc) is 2.25. The Bertz CT molecular complexity index is 251. The molecule has 1 aromatic carbocycles. The van der Waals surface area contributed by atoms with E-state index in [-0.39, 0.29) is 0 Å². The lowest BCUT2D eigenvalue weighted by molar-refractivity contribution is 0.235. The summed E-state index contributed by atoms with van der Waals surface area (Å²) in [5.41, 5.74) is 1.22. The van der Waals surface area contributed by atoms with E-state index in [2.05, 4.69) is 25.1 Å². The summed E-state index contributed by atoms with van der Waals surface area (Å²) in [4.78, 5) is 0. The van der Waals surface area contributed by atoms with Gasteiger partial charge in [0.05, 0.1) is 6.26 Å². The van der Waals surface area contributed by atoms with Crippen LogP contribution < -0.4 is 0 Å². The largest absolute Gasteiger partial charge is 0.497 e. The van der Waals surface area contributed by atoms with E-state index in [1.54, 1.807) is 0 Å². The van der Waals surface area contributed by atoms with Crippen LogP contribution in [0.15, 0.2) is 42.7 Å². The highest BCUT2D eigenvalue weighted by Gasteiger charge is 1.87. The van der Waals surface area contributed by atoms with E-state index in [1.165, 1.54) is 18.4 Å². The standard InChI is InChI=1S/C13H18O/c1-2-3-4-8-11-14-12-13-9-6-5-7-10-13/h5-11H,2-4,12H2,1H3/b11-8-. The first-order chi connectivity index (χ1) is 6.93. The number of hydrogen-bond acceptors (Lipinski definition) is 1. The molecular weight excluding hydrogens is 172 g/mol. The average molecular weight is 190 g/mol. The lowest BCUT2D eigenvalue weighted by Crippen LogP contribution is -1.84. The van der Waals surface area contributed by atoms with Crippen LogP contribution in [0.25, 0.3) is 0 Å². The highest BCUT2D eigenvalue weighted by atomic mass is 16.5. The summed E-state index contributed by atoms with van der Waals surface area (Å²) >= 11 is 0. The molecule has 0 bridgehead atoms. The molecule has 14 heavy (non-hydrogen) atoms. The summed E-state index contributed by atoms with van der Waals surface area (Å²) in [7, 11) is 0. The van der Waals surface area contributed by atoms with Gasteiger partial charge in [0, 0.05) is 0 Å². The molecule has 0 heterocycles. The fourth-order valence-electron chi connectivity index (χ4n) is 1.18. The summed E-state index contributed by atoms with van der Waals surface area (Å²) in [6.45, 7) is 2.86. The van der Waals surface area contributed by atoms with Gasteiger partial charge in [-0.1, -0.05) is 43.7 Å². The number of benzene rings is 1. The first-order valence-corrected chi connectivity index (χ1v) is 5.24. The van der Waals surface area contributed by atoms with E-state index >= 15 is 0 Å². The molecule has 0 amide bonds. The maximum Gasteiger partial charge on any atom is 0.112 e. The van der Waals surface area contributed by atoms with Crippen molar-refractivity contribution >= 4 is 0 Å². The number of allylic oxidation sites excluding steroid dienone is 1. The van der Waals surface area contributed by atoms with Crippen molar-refractivity contribution in [2.24, 2.45) is 0 Å². The molecule has 0 aliphatic rings. The van der Waals surface area contributed by atoms with Crippen LogP contribution >= 0.6 is 0 Å². The number of ether oxygens (including phenoxy) is 1. The minimum atomic E-state index is 0.670. The van der Waals surface area contributed by atoms with E-state index in [4.69, 9.17) is 4.74 Å². The number of unbranched alkanes of at least 4 members (excludes halogenated alkanes) is 2. The van der Waals surface area contributed by atoms with Crippen molar-refractivity contribution in [3.05, 3.63) is 48.2 Å². The normalized spacial score (nSPS) is 10.6. The van der Waals surface area contributed by atoms with Crippen molar-refractivity contribution in [3.8, 4) is 0 Å². The van der Waals surface area contributed by atoms with Crippen LogP contribution in [0.4, 0.5) is 0 Å². The molecule has 0 atom stereocenters. The van der Waals surface area contributed by atoms with Crippen molar-refractivity contribution < 1.29 is 4.74 Å². The van der Waals surface area contributed by atoms with E-state index in [0.29, 0.717) is 6.61 Å². The molecule has 1 aromatic rings. The SMILES string of the molecule is CCCC/C=C\OCc1ccccc1. The Kier molecular flexibility index (Phi) is 5.57. The van der Waals surface area contributed by atoms with Gasteiger partial charge in [-0.2, -0.15) is 0 Å². The van der Waals surface area contributed by atoms with Crippen LogP contribution in [0, 0.1) is 0 Å². The van der Waals surface area contributed by atoms with Crippen LogP contribution in [-0.4, -0.2) is 0 Å². The van der Waals surface area contributed by atoms with Gasteiger partial charge in [0.1, 0.15) is 6.61 Å². The molecule has 0 saturated carbocycles. The second-order valence-electron chi connectivity index (χ2n) is 3.31. The maximum absolute atomic E-state index is 5.39. The minimum absolute atomic E-state index is 0.670. The first kappa shape index (κ1) is 10.8. The Morgan fingerprint density at radius 3 is 2.71 bits per heavy atom. The third kappa shape index (κ3) is 4.70. The van der Waals surface area contributed by atoms with Gasteiger partial charge in [-0.15, -0.1) is 0 Å². The molecule has 0 unspecified atom stereocenters. The molecule has 0 fully saturated rings. The van der Waals surface area contributed by atoms with Gasteiger partial charge in [0.2, 0.25) is 0 Å². The molecule has 0 N–H and O–H groups in total. The zero-order chi connectivity index (χ0) is 10.1. The van der Waals surface area contributed by atoms with E-state index < -0.39 is 0 Å². The molecule has 0 spiro atoms. The molecule has 1 heteroatoms. The zero-order valence-electron chi connectivity index (χ0n) is 8.78. The molecule has 0 aliphatic carbocycles. The third-order valence-electron chi connectivity index (χ3n) is 2.01. The van der Waals surface area contributed by atoms with Gasteiger partial charge in [0.25, 0.3) is 0 Å². The molecule has 0 saturated heterocycles. The van der Waals surface area contributed by atoms with Crippen molar-refractivity contribution in [2.45, 2.75) is 32.8 Å². The topological polar surface area (TPSA) is 9.23 Å². The van der Waals surface area contributed by atoms with Crippen LogP contribution in [-0.2, 0) is 11.3 Å². The molecule has 76 valence electrons. The van der Waals surface area contributed by atoms with Gasteiger partial charge in [0.15, 0.2) is 0 Å². The maximum atomic E-state index is 5.39. The molecule has 0 aromatic heterocycles. The second-order valence-corrected chi connectivity index (χ2v) is 3.31. The summed E-state index contributed by atoms with van der Waals surface area (Å²) in [6, 6.07) is 10.2. The highest BCUT2D eigenvalue weighted by Crippen LogP contribution is 2.01. The van der Waals surface area contributed by atoms with Crippen LogP contribution in [0.3, 0.4) is 0 Å². The van der Waals surface area contributed by atoms with Crippen molar-refractivity contribution in [3.63, 3.8) is 0 Å². The Balaban J connectivity index is 2.12. The fraction of sp³-hybridized carbons (Fsp3) is 0.385. The predicted molar refractivity (Wildman–Crippen MR) is 59.9 cm³/mol. The molecule has 1 rings (SSSR count). The van der Waals surface area contributed by atoms with Crippen LogP contribution in [0.1, 0.15) is 31.7 Å². The Morgan fingerprint density at radius 2 is 2.00 bits per heavy atom. The van der Waals surface area contributed by atoms with Crippen LogP contribution in [0.2, 0.25) is 0 Å². The van der Waals surface area contributed by atoms with Gasteiger partial charge in [-0.3, -0.25) is 0 Å². The van der Waals surface area contributed by atoms with Crippen molar-refractivity contribution in [2.75, 3.05) is 0 Å². The fourth-order valence-corrected chi connectivity index (χ4v) is 1.18. The second kappa shape index (κ2) is 7.19. The van der Waals surface area contributed by atoms with Crippen LogP contribution in [0.5, 0.6) is 0 Å². The van der Waals surface area contributed by atoms with Crippen molar-refractivity contribution in [1.82, 2.24) is 0 Å². The predicted octanol–water partition coefficient (Wildman–Crippen LogP) is 3.91. The monoisotopic (exact) mass is 190 g/mol. The highest BCUT2D eigenvalue weighted by molar-refractivity contribution is 5.13. The third-order valence-corrected chi connectivity index (χ3v) is 2.01. The molecule has 1 nitrogen and oxygen atoms in total. The van der Waals surface area contributed by atoms with Crippen molar-refractivity contribution in [1.29, 1.82) is 0 Å². The molecule has 0 aliphatic heterocycles. The first-order valence-electron chi connectivity index (χ1n) is 5.24. The van der Waals surface area contributed by atoms with E-state index in [0.717, 1.165) is 6.42 Å². The molecule has 0 radical (unpaired) electrons. The van der Waals surface area contributed by atoms with Gasteiger partial charge in [-0.05, 0) is 24.5 Å². The minimum Gasteiger partial charge on any atom is -0.497 e. The van der Waals surface area contributed by atoms with Gasteiger partial charge >= 0.3 is 0 Å². The lowest BCUT2D eigenvalue weighted by Gasteiger charge is -1.99. The van der Waals surface area contributed by atoms with Gasteiger partial charge < -0.3 is 4.74 Å². The lowest BCUT2D eigenvalue weighted by atomic mass is 10.2. The summed E-state index contributed by atoms with van der Waals surface area (Å²) < 4.78 is 5.39. The summed E-state index contributed by atoms with van der Waals surface area (Å²) in [6.07, 6.45) is 7.49. The van der Waals surface area contributed by atoms with Gasteiger partial charge in [-0.25, -0.2) is 0 Å². The Labute approximate surface area is 86.4 Å². The summed E-state index contributed by atoms with van der Waals surface area (Å²) in [5.74, 6) is 0. The van der Waals surface area contributed by atoms with E-state index in [9.17, 15) is 0 Å². The Hall–Kier alpha value is -1.24. The number of rotatable bonds is 6. The summed E-state index contributed by atoms with van der Waals surface area (Å²) in [5, 5.41) is 0.